The summed E-state index contributed by atoms with van der Waals surface area (Å²) in [6, 6.07) is 1.94. The van der Waals surface area contributed by atoms with E-state index in [9.17, 15) is 14.4 Å². The van der Waals surface area contributed by atoms with Crippen LogP contribution < -0.4 is 16.6 Å². The topological polar surface area (TPSA) is 81.3 Å². The van der Waals surface area contributed by atoms with E-state index in [1.54, 1.807) is 18.1 Å². The van der Waals surface area contributed by atoms with Crippen LogP contribution in [0.4, 0.5) is 0 Å². The number of rotatable bonds is 5. The smallest absolute Gasteiger partial charge is 0.330 e. The molecule has 1 aliphatic heterocycles. The van der Waals surface area contributed by atoms with E-state index in [0.29, 0.717) is 17.7 Å². The summed E-state index contributed by atoms with van der Waals surface area (Å²) < 4.78 is 4.59. The summed E-state index contributed by atoms with van der Waals surface area (Å²) in [5.74, 6) is -0.0718. The summed E-state index contributed by atoms with van der Waals surface area (Å²) in [7, 11) is 3.08. The first-order valence-electron chi connectivity index (χ1n) is 9.70. The summed E-state index contributed by atoms with van der Waals surface area (Å²) in [6.45, 7) is 8.54. The minimum atomic E-state index is -0.374. The van der Waals surface area contributed by atoms with Crippen LogP contribution in [0.25, 0.3) is 0 Å². The average Bonchev–Trinajstić information content (AvgIpc) is 3.29. The van der Waals surface area contributed by atoms with Gasteiger partial charge in [-0.3, -0.25) is 14.2 Å². The van der Waals surface area contributed by atoms with Gasteiger partial charge in [0.1, 0.15) is 0 Å². The lowest BCUT2D eigenvalue weighted by molar-refractivity contribution is 0.0673. The van der Waals surface area contributed by atoms with Crippen LogP contribution in [0.15, 0.2) is 21.9 Å². The SMILES string of the molecule is CCn1c(C)cc(C(=O)N(Cc2cn(C)c(=O)n(C)c2=O)[C@H]2CCNC2)c1C. The molecule has 0 spiro atoms. The lowest BCUT2D eigenvalue weighted by Crippen LogP contribution is -2.45. The van der Waals surface area contributed by atoms with Gasteiger partial charge in [0.25, 0.3) is 11.5 Å². The van der Waals surface area contributed by atoms with Crippen molar-refractivity contribution in [2.24, 2.45) is 14.1 Å². The lowest BCUT2D eigenvalue weighted by Gasteiger charge is -2.29. The molecule has 8 heteroatoms. The van der Waals surface area contributed by atoms with Gasteiger partial charge >= 0.3 is 5.69 Å². The molecule has 0 radical (unpaired) electrons. The van der Waals surface area contributed by atoms with Crippen LogP contribution in [-0.2, 0) is 27.2 Å². The molecule has 1 saturated heterocycles. The summed E-state index contributed by atoms with van der Waals surface area (Å²) in [5.41, 5.74) is 2.37. The number of nitrogens with one attached hydrogen (secondary N) is 1. The molecule has 2 aromatic heterocycles. The Hall–Kier alpha value is -2.61. The second-order valence-corrected chi connectivity index (χ2v) is 7.52. The highest BCUT2D eigenvalue weighted by molar-refractivity contribution is 5.96. The molecular formula is C20H29N5O3. The van der Waals surface area contributed by atoms with Crippen molar-refractivity contribution in [1.82, 2.24) is 23.9 Å². The van der Waals surface area contributed by atoms with Gasteiger partial charge in [-0.2, -0.15) is 0 Å². The fourth-order valence-corrected chi connectivity index (χ4v) is 4.11. The van der Waals surface area contributed by atoms with E-state index in [4.69, 9.17) is 0 Å². The third-order valence-corrected chi connectivity index (χ3v) is 5.71. The number of aromatic nitrogens is 3. The Labute approximate surface area is 164 Å². The number of nitrogens with zero attached hydrogens (tertiary/aromatic N) is 4. The predicted octanol–water partition coefficient (Wildman–Crippen LogP) is 0.527. The molecule has 3 rings (SSSR count). The molecule has 1 atom stereocenters. The van der Waals surface area contributed by atoms with Crippen LogP contribution in [0.2, 0.25) is 0 Å². The van der Waals surface area contributed by atoms with Gasteiger partial charge in [0, 0.05) is 50.8 Å². The van der Waals surface area contributed by atoms with Crippen LogP contribution in [0.5, 0.6) is 0 Å². The van der Waals surface area contributed by atoms with Crippen LogP contribution >= 0.6 is 0 Å². The second-order valence-electron chi connectivity index (χ2n) is 7.52. The van der Waals surface area contributed by atoms with Crippen molar-refractivity contribution in [3.63, 3.8) is 0 Å². The van der Waals surface area contributed by atoms with Crippen LogP contribution in [0.1, 0.15) is 40.7 Å². The Bertz CT molecular complexity index is 1010. The van der Waals surface area contributed by atoms with Crippen molar-refractivity contribution in [2.45, 2.75) is 46.3 Å². The quantitative estimate of drug-likeness (QED) is 0.811. The Morgan fingerprint density at radius 1 is 1.29 bits per heavy atom. The number of amides is 1. The van der Waals surface area contributed by atoms with Gasteiger partial charge in [0.05, 0.1) is 17.7 Å². The summed E-state index contributed by atoms with van der Waals surface area (Å²) in [6.07, 6.45) is 2.38. The number of hydrogen-bond acceptors (Lipinski definition) is 4. The molecule has 0 bridgehead atoms. The summed E-state index contributed by atoms with van der Waals surface area (Å²) in [4.78, 5) is 39.9. The van der Waals surface area contributed by atoms with Gasteiger partial charge < -0.3 is 19.4 Å². The van der Waals surface area contributed by atoms with Gasteiger partial charge in [-0.25, -0.2) is 4.79 Å². The summed E-state index contributed by atoms with van der Waals surface area (Å²) in [5, 5.41) is 3.30. The third kappa shape index (κ3) is 3.44. The van der Waals surface area contributed by atoms with Crippen molar-refractivity contribution in [3.05, 3.63) is 55.6 Å². The molecule has 1 amide bonds. The second kappa shape index (κ2) is 7.79. The Morgan fingerprint density at radius 3 is 2.57 bits per heavy atom. The molecule has 1 aliphatic rings. The molecule has 3 heterocycles. The zero-order valence-corrected chi connectivity index (χ0v) is 17.3. The molecular weight excluding hydrogens is 358 g/mol. The molecule has 0 aliphatic carbocycles. The minimum absolute atomic E-state index is 0.0131. The van der Waals surface area contributed by atoms with E-state index >= 15 is 0 Å². The Kier molecular flexibility index (Phi) is 5.60. The van der Waals surface area contributed by atoms with Crippen LogP contribution in [-0.4, -0.2) is 43.6 Å². The van der Waals surface area contributed by atoms with Crippen LogP contribution in [0, 0.1) is 13.8 Å². The molecule has 152 valence electrons. The van der Waals surface area contributed by atoms with Crippen molar-refractivity contribution in [2.75, 3.05) is 13.1 Å². The predicted molar refractivity (Wildman–Crippen MR) is 108 cm³/mol. The zero-order chi connectivity index (χ0) is 20.6. The van der Waals surface area contributed by atoms with E-state index in [1.165, 1.54) is 11.6 Å². The molecule has 2 aromatic rings. The molecule has 1 N–H and O–H groups in total. The fourth-order valence-electron chi connectivity index (χ4n) is 4.11. The highest BCUT2D eigenvalue weighted by atomic mass is 16.2. The standard InChI is InChI=1S/C20H29N5O3/c1-6-24-13(2)9-17(14(24)3)19(27)25(16-7-8-21-10-16)12-15-11-22(4)20(28)23(5)18(15)26/h9,11,16,21H,6-8,10,12H2,1-5H3/t16-/m0/s1. The number of carbonyl (C=O) groups is 1. The zero-order valence-electron chi connectivity index (χ0n) is 17.3. The van der Waals surface area contributed by atoms with Gasteiger partial charge in [-0.15, -0.1) is 0 Å². The first kappa shape index (κ1) is 20.1. The maximum Gasteiger partial charge on any atom is 0.330 e. The summed E-state index contributed by atoms with van der Waals surface area (Å²) >= 11 is 0. The maximum absolute atomic E-state index is 13.5. The first-order chi connectivity index (χ1) is 13.3. The van der Waals surface area contributed by atoms with Crippen molar-refractivity contribution < 1.29 is 4.79 Å². The molecule has 0 saturated carbocycles. The van der Waals surface area contributed by atoms with Gasteiger partial charge in [0.15, 0.2) is 0 Å². The maximum atomic E-state index is 13.5. The number of carbonyl (C=O) groups excluding carboxylic acids is 1. The van der Waals surface area contributed by atoms with Crippen molar-refractivity contribution >= 4 is 5.91 Å². The average molecular weight is 387 g/mol. The number of aryl methyl sites for hydroxylation is 2. The molecule has 1 fully saturated rings. The molecule has 0 aromatic carbocycles. The highest BCUT2D eigenvalue weighted by Gasteiger charge is 2.30. The van der Waals surface area contributed by atoms with E-state index < -0.39 is 0 Å². The Balaban J connectivity index is 2.03. The van der Waals surface area contributed by atoms with Gasteiger partial charge in [-0.1, -0.05) is 0 Å². The lowest BCUT2D eigenvalue weighted by atomic mass is 10.1. The minimum Gasteiger partial charge on any atom is -0.349 e. The van der Waals surface area contributed by atoms with Crippen molar-refractivity contribution in [1.29, 1.82) is 0 Å². The molecule has 8 nitrogen and oxygen atoms in total. The largest absolute Gasteiger partial charge is 0.349 e. The molecule has 0 unspecified atom stereocenters. The monoisotopic (exact) mass is 387 g/mol. The van der Waals surface area contributed by atoms with E-state index in [0.717, 1.165) is 35.5 Å². The van der Waals surface area contributed by atoms with E-state index in [-0.39, 0.29) is 29.7 Å². The van der Waals surface area contributed by atoms with E-state index in [2.05, 4.69) is 16.8 Å². The normalized spacial score (nSPS) is 16.5. The number of hydrogen-bond donors (Lipinski definition) is 1. The van der Waals surface area contributed by atoms with Crippen molar-refractivity contribution in [3.8, 4) is 0 Å². The first-order valence-corrected chi connectivity index (χ1v) is 9.70. The molecule has 28 heavy (non-hydrogen) atoms. The fraction of sp³-hybridized carbons (Fsp3) is 0.550. The van der Waals surface area contributed by atoms with Gasteiger partial charge in [-0.05, 0) is 39.8 Å². The van der Waals surface area contributed by atoms with E-state index in [1.807, 2.05) is 19.9 Å². The van der Waals surface area contributed by atoms with Crippen LogP contribution in [0.3, 0.4) is 0 Å². The highest BCUT2D eigenvalue weighted by Crippen LogP contribution is 2.21. The van der Waals surface area contributed by atoms with Gasteiger partial charge in [0.2, 0.25) is 0 Å². The third-order valence-electron chi connectivity index (χ3n) is 5.71. The Morgan fingerprint density at radius 2 is 2.00 bits per heavy atom.